The van der Waals surface area contributed by atoms with Gasteiger partial charge in [-0.3, -0.25) is 4.90 Å². The molecule has 2 rings (SSSR count). The van der Waals surface area contributed by atoms with Crippen molar-refractivity contribution in [1.82, 2.24) is 10.2 Å². The summed E-state index contributed by atoms with van der Waals surface area (Å²) in [4.78, 5) is 2.83. The third-order valence-electron chi connectivity index (χ3n) is 5.30. The van der Waals surface area contributed by atoms with Gasteiger partial charge in [0.05, 0.1) is 0 Å². The van der Waals surface area contributed by atoms with E-state index in [-0.39, 0.29) is 0 Å². The van der Waals surface area contributed by atoms with Gasteiger partial charge < -0.3 is 10.1 Å². The van der Waals surface area contributed by atoms with Crippen LogP contribution in [0.1, 0.15) is 58.8 Å². The van der Waals surface area contributed by atoms with Crippen LogP contribution in [-0.2, 0) is 4.74 Å². The Labute approximate surface area is 119 Å². The molecule has 0 radical (unpaired) electrons. The summed E-state index contributed by atoms with van der Waals surface area (Å²) < 4.78 is 5.29. The summed E-state index contributed by atoms with van der Waals surface area (Å²) in [5.74, 6) is 0. The maximum absolute atomic E-state index is 5.29. The predicted molar refractivity (Wildman–Crippen MR) is 80.6 cm³/mol. The van der Waals surface area contributed by atoms with Crippen LogP contribution in [0.5, 0.6) is 0 Å². The quantitative estimate of drug-likeness (QED) is 0.830. The number of methoxy groups -OCH3 is 1. The van der Waals surface area contributed by atoms with E-state index in [0.717, 1.165) is 13.0 Å². The van der Waals surface area contributed by atoms with Crippen LogP contribution in [0.25, 0.3) is 0 Å². The van der Waals surface area contributed by atoms with Gasteiger partial charge in [-0.2, -0.15) is 0 Å². The fraction of sp³-hybridized carbons (Fsp3) is 1.00. The normalized spacial score (nSPS) is 29.5. The van der Waals surface area contributed by atoms with Gasteiger partial charge in [0.2, 0.25) is 0 Å². The molecule has 0 aromatic heterocycles. The van der Waals surface area contributed by atoms with Gasteiger partial charge in [0, 0.05) is 44.4 Å². The Bertz CT molecular complexity index is 263. The van der Waals surface area contributed by atoms with Crippen molar-refractivity contribution in [3.63, 3.8) is 0 Å². The zero-order valence-corrected chi connectivity index (χ0v) is 13.1. The van der Waals surface area contributed by atoms with Crippen LogP contribution in [0.15, 0.2) is 0 Å². The number of nitrogens with one attached hydrogen (secondary N) is 1. The molecular formula is C16H32N2O. The molecule has 112 valence electrons. The highest BCUT2D eigenvalue weighted by atomic mass is 16.5. The summed E-state index contributed by atoms with van der Waals surface area (Å²) in [5, 5.41) is 3.80. The topological polar surface area (TPSA) is 24.5 Å². The molecule has 19 heavy (non-hydrogen) atoms. The first-order valence-corrected chi connectivity index (χ1v) is 8.21. The number of rotatable bonds is 5. The molecule has 3 nitrogen and oxygen atoms in total. The second-order valence-corrected chi connectivity index (χ2v) is 6.55. The van der Waals surface area contributed by atoms with Crippen molar-refractivity contribution >= 4 is 0 Å². The molecule has 1 spiro atoms. The molecule has 1 N–H and O–H groups in total. The van der Waals surface area contributed by atoms with Crippen molar-refractivity contribution in [1.29, 1.82) is 0 Å². The minimum Gasteiger partial charge on any atom is -0.385 e. The van der Waals surface area contributed by atoms with Gasteiger partial charge in [-0.15, -0.1) is 0 Å². The lowest BCUT2D eigenvalue weighted by atomic mass is 9.77. The molecule has 0 aromatic carbocycles. The molecule has 2 fully saturated rings. The van der Waals surface area contributed by atoms with Gasteiger partial charge in [0.15, 0.2) is 0 Å². The molecule has 0 amide bonds. The minimum absolute atomic E-state index is 0.442. The number of nitrogens with zero attached hydrogens (tertiary/aromatic N) is 1. The zero-order valence-electron chi connectivity index (χ0n) is 13.1. The van der Waals surface area contributed by atoms with Gasteiger partial charge in [0.1, 0.15) is 0 Å². The minimum atomic E-state index is 0.442. The van der Waals surface area contributed by atoms with Crippen molar-refractivity contribution in [3.05, 3.63) is 0 Å². The highest BCUT2D eigenvalue weighted by Gasteiger charge is 2.43. The fourth-order valence-corrected chi connectivity index (χ4v) is 3.97. The van der Waals surface area contributed by atoms with Crippen LogP contribution in [-0.4, -0.2) is 49.3 Å². The van der Waals surface area contributed by atoms with Gasteiger partial charge in [0.25, 0.3) is 0 Å². The first-order chi connectivity index (χ1) is 9.22. The third kappa shape index (κ3) is 3.50. The molecule has 3 heteroatoms. The van der Waals surface area contributed by atoms with E-state index in [1.807, 2.05) is 7.11 Å². The highest BCUT2D eigenvalue weighted by molar-refractivity contribution is 5.01. The van der Waals surface area contributed by atoms with Crippen molar-refractivity contribution < 1.29 is 4.74 Å². The molecule has 1 saturated carbocycles. The molecular weight excluding hydrogens is 236 g/mol. The van der Waals surface area contributed by atoms with Crippen molar-refractivity contribution in [2.75, 3.05) is 26.8 Å². The van der Waals surface area contributed by atoms with Gasteiger partial charge in [-0.05, 0) is 32.6 Å². The van der Waals surface area contributed by atoms with Crippen LogP contribution < -0.4 is 5.32 Å². The van der Waals surface area contributed by atoms with E-state index in [0.29, 0.717) is 17.6 Å². The van der Waals surface area contributed by atoms with E-state index >= 15 is 0 Å². The number of ether oxygens (including phenoxy) is 1. The van der Waals surface area contributed by atoms with Crippen LogP contribution in [0.4, 0.5) is 0 Å². The Kier molecular flexibility index (Phi) is 5.67. The molecule has 2 aliphatic rings. The van der Waals surface area contributed by atoms with E-state index < -0.39 is 0 Å². The smallest absolute Gasteiger partial charge is 0.0477 e. The predicted octanol–water partition coefficient (Wildman–Crippen LogP) is 2.80. The number of piperazine rings is 1. The van der Waals surface area contributed by atoms with Gasteiger partial charge >= 0.3 is 0 Å². The van der Waals surface area contributed by atoms with Crippen LogP contribution in [0.2, 0.25) is 0 Å². The molecule has 1 saturated heterocycles. The van der Waals surface area contributed by atoms with Crippen LogP contribution in [0, 0.1) is 0 Å². The third-order valence-corrected chi connectivity index (χ3v) is 5.30. The number of hydrogen-bond donors (Lipinski definition) is 1. The summed E-state index contributed by atoms with van der Waals surface area (Å²) >= 11 is 0. The Morgan fingerprint density at radius 2 is 2.05 bits per heavy atom. The van der Waals surface area contributed by atoms with Crippen molar-refractivity contribution in [2.45, 2.75) is 76.4 Å². The summed E-state index contributed by atoms with van der Waals surface area (Å²) in [7, 11) is 1.82. The Balaban J connectivity index is 2.06. The van der Waals surface area contributed by atoms with E-state index in [2.05, 4.69) is 24.1 Å². The SMILES string of the molecule is CCC1CN(C(C)CCOC)C2(CCCCC2)CN1. The maximum atomic E-state index is 5.29. The molecule has 1 aliphatic heterocycles. The first-order valence-electron chi connectivity index (χ1n) is 8.21. The second kappa shape index (κ2) is 7.05. The summed E-state index contributed by atoms with van der Waals surface area (Å²) in [5.41, 5.74) is 0.442. The largest absolute Gasteiger partial charge is 0.385 e. The summed E-state index contributed by atoms with van der Waals surface area (Å²) in [6.07, 6.45) is 9.41. The molecule has 2 atom stereocenters. The average molecular weight is 268 g/mol. The molecule has 2 unspecified atom stereocenters. The Hall–Kier alpha value is -0.120. The first kappa shape index (κ1) is 15.3. The lowest BCUT2D eigenvalue weighted by Crippen LogP contribution is -2.67. The van der Waals surface area contributed by atoms with Gasteiger partial charge in [-0.1, -0.05) is 26.2 Å². The van der Waals surface area contributed by atoms with E-state index in [4.69, 9.17) is 4.74 Å². The second-order valence-electron chi connectivity index (χ2n) is 6.55. The molecule has 0 aromatic rings. The Morgan fingerprint density at radius 3 is 2.68 bits per heavy atom. The highest BCUT2D eigenvalue weighted by Crippen LogP contribution is 2.37. The van der Waals surface area contributed by atoms with Gasteiger partial charge in [-0.25, -0.2) is 0 Å². The Morgan fingerprint density at radius 1 is 1.32 bits per heavy atom. The van der Waals surface area contributed by atoms with E-state index in [1.165, 1.54) is 51.6 Å². The van der Waals surface area contributed by atoms with Crippen molar-refractivity contribution in [3.8, 4) is 0 Å². The monoisotopic (exact) mass is 268 g/mol. The number of hydrogen-bond acceptors (Lipinski definition) is 3. The fourth-order valence-electron chi connectivity index (χ4n) is 3.97. The standard InChI is InChI=1S/C16H32N2O/c1-4-15-12-18(14(2)8-11-19-3)16(13-17-15)9-6-5-7-10-16/h14-15,17H,4-13H2,1-3H3. The van der Waals surface area contributed by atoms with E-state index in [9.17, 15) is 0 Å². The molecule has 0 bridgehead atoms. The van der Waals surface area contributed by atoms with Crippen molar-refractivity contribution in [2.24, 2.45) is 0 Å². The lowest BCUT2D eigenvalue weighted by molar-refractivity contribution is -0.0258. The van der Waals surface area contributed by atoms with Crippen LogP contribution >= 0.6 is 0 Å². The summed E-state index contributed by atoms with van der Waals surface area (Å²) in [6, 6.07) is 1.33. The lowest BCUT2D eigenvalue weighted by Gasteiger charge is -2.54. The average Bonchev–Trinajstić information content (AvgIpc) is 2.46. The zero-order chi connectivity index (χ0) is 13.7. The van der Waals surface area contributed by atoms with E-state index in [1.54, 1.807) is 0 Å². The maximum Gasteiger partial charge on any atom is 0.0477 e. The summed E-state index contributed by atoms with van der Waals surface area (Å²) in [6.45, 7) is 8.00. The molecule has 1 aliphatic carbocycles. The molecule has 1 heterocycles. The van der Waals surface area contributed by atoms with Crippen LogP contribution in [0.3, 0.4) is 0 Å².